The van der Waals surface area contributed by atoms with E-state index in [1.165, 1.54) is 16.0 Å². The summed E-state index contributed by atoms with van der Waals surface area (Å²) in [4.78, 5) is 31.0. The van der Waals surface area contributed by atoms with Crippen LogP contribution in [-0.4, -0.2) is 46.2 Å². The number of carbonyl (C=O) groups excluding carboxylic acids is 1. The molecule has 0 saturated carbocycles. The van der Waals surface area contributed by atoms with Crippen molar-refractivity contribution in [2.75, 3.05) is 18.4 Å². The van der Waals surface area contributed by atoms with Gasteiger partial charge in [0.25, 0.3) is 0 Å². The average molecular weight is 476 g/mol. The summed E-state index contributed by atoms with van der Waals surface area (Å²) in [5.74, 6) is 2.03. The van der Waals surface area contributed by atoms with Crippen LogP contribution in [0.15, 0.2) is 23.5 Å². The van der Waals surface area contributed by atoms with Crippen LogP contribution in [0, 0.1) is 5.92 Å². The standard InChI is InChI=1S/C26H29N5O2S/c1-15(2)33-21-10-18-13-27-12-17(18)9-20(21)30-24-23-19-6-5-16(26(32)31-7-3-4-8-31)11-22(19)34-25(23)29-14-28-24/h9-10,12,14-16H,3-8,11,13H2,1-2H3,(H,28,29,30)/t16-/m0/s1. The van der Waals surface area contributed by atoms with Crippen LogP contribution in [0.3, 0.4) is 0 Å². The Bertz CT molecular complexity index is 1290. The summed E-state index contributed by atoms with van der Waals surface area (Å²) >= 11 is 1.71. The van der Waals surface area contributed by atoms with E-state index < -0.39 is 0 Å². The van der Waals surface area contributed by atoms with Crippen molar-refractivity contribution in [2.24, 2.45) is 10.9 Å². The number of anilines is 2. The second-order valence-corrected chi connectivity index (χ2v) is 10.8. The number of ether oxygens (including phenoxy) is 1. The Morgan fingerprint density at radius 2 is 2.09 bits per heavy atom. The van der Waals surface area contributed by atoms with E-state index in [9.17, 15) is 4.79 Å². The molecule has 1 aromatic carbocycles. The third-order valence-corrected chi connectivity index (χ3v) is 8.12. The first-order chi connectivity index (χ1) is 16.6. The second-order valence-electron chi connectivity index (χ2n) is 9.69. The monoisotopic (exact) mass is 475 g/mol. The van der Waals surface area contributed by atoms with Gasteiger partial charge < -0.3 is 15.0 Å². The zero-order valence-electron chi connectivity index (χ0n) is 19.6. The number of rotatable bonds is 5. The number of benzene rings is 1. The molecule has 0 radical (unpaired) electrons. The molecule has 0 spiro atoms. The van der Waals surface area contributed by atoms with Gasteiger partial charge in [-0.15, -0.1) is 11.3 Å². The lowest BCUT2D eigenvalue weighted by Gasteiger charge is -2.26. The van der Waals surface area contributed by atoms with E-state index in [4.69, 9.17) is 4.74 Å². The fourth-order valence-electron chi connectivity index (χ4n) is 5.33. The highest BCUT2D eigenvalue weighted by molar-refractivity contribution is 7.19. The van der Waals surface area contributed by atoms with Gasteiger partial charge in [-0.1, -0.05) is 0 Å². The predicted molar refractivity (Wildman–Crippen MR) is 136 cm³/mol. The Labute approximate surface area is 203 Å². The number of carbonyl (C=O) groups is 1. The molecule has 1 atom stereocenters. The first-order valence-corrected chi connectivity index (χ1v) is 13.0. The smallest absolute Gasteiger partial charge is 0.226 e. The van der Waals surface area contributed by atoms with Crippen LogP contribution in [0.5, 0.6) is 5.75 Å². The molecule has 1 aliphatic carbocycles. The summed E-state index contributed by atoms with van der Waals surface area (Å²) in [6, 6.07) is 4.18. The summed E-state index contributed by atoms with van der Waals surface area (Å²) in [6.07, 6.45) is 8.44. The number of aryl methyl sites for hydroxylation is 1. The van der Waals surface area contributed by atoms with Crippen molar-refractivity contribution in [3.8, 4) is 5.75 Å². The lowest BCUT2D eigenvalue weighted by Crippen LogP contribution is -2.36. The maximum atomic E-state index is 13.0. The summed E-state index contributed by atoms with van der Waals surface area (Å²) in [5.41, 5.74) is 4.47. The maximum Gasteiger partial charge on any atom is 0.226 e. The van der Waals surface area contributed by atoms with Crippen LogP contribution in [-0.2, 0) is 24.2 Å². The van der Waals surface area contributed by atoms with Crippen LogP contribution < -0.4 is 10.1 Å². The molecule has 7 nitrogen and oxygen atoms in total. The number of likely N-dealkylation sites (tertiary alicyclic amines) is 1. The van der Waals surface area contributed by atoms with Crippen molar-refractivity contribution in [2.45, 2.75) is 58.6 Å². The van der Waals surface area contributed by atoms with Gasteiger partial charge in [0.15, 0.2) is 0 Å². The van der Waals surface area contributed by atoms with Gasteiger partial charge in [0.2, 0.25) is 5.91 Å². The van der Waals surface area contributed by atoms with Gasteiger partial charge >= 0.3 is 0 Å². The Morgan fingerprint density at radius 1 is 1.24 bits per heavy atom. The molecule has 0 unspecified atom stereocenters. The molecule has 3 aliphatic rings. The number of nitrogens with zero attached hydrogens (tertiary/aromatic N) is 4. The third kappa shape index (κ3) is 3.83. The van der Waals surface area contributed by atoms with Crippen LogP contribution in [0.25, 0.3) is 10.2 Å². The first kappa shape index (κ1) is 21.5. The molecule has 176 valence electrons. The van der Waals surface area contributed by atoms with Crippen molar-refractivity contribution in [3.05, 3.63) is 40.0 Å². The topological polar surface area (TPSA) is 79.7 Å². The summed E-state index contributed by atoms with van der Waals surface area (Å²) in [7, 11) is 0. The van der Waals surface area contributed by atoms with E-state index >= 15 is 0 Å². The molecule has 1 fully saturated rings. The average Bonchev–Trinajstić information content (AvgIpc) is 3.57. The molecule has 8 heteroatoms. The van der Waals surface area contributed by atoms with Gasteiger partial charge in [0.1, 0.15) is 22.7 Å². The lowest BCUT2D eigenvalue weighted by atomic mass is 9.87. The van der Waals surface area contributed by atoms with E-state index in [-0.39, 0.29) is 12.0 Å². The van der Waals surface area contributed by atoms with Crippen LogP contribution in [0.1, 0.15) is 54.7 Å². The summed E-state index contributed by atoms with van der Waals surface area (Å²) in [5, 5.41) is 4.64. The van der Waals surface area contributed by atoms with Gasteiger partial charge in [-0.25, -0.2) is 9.97 Å². The number of aliphatic imine (C=N–C) groups is 1. The fourth-order valence-corrected chi connectivity index (χ4v) is 6.59. The Kier molecular flexibility index (Phi) is 5.48. The lowest BCUT2D eigenvalue weighted by molar-refractivity contribution is -0.134. The molecule has 3 aromatic rings. The minimum atomic E-state index is 0.0605. The molecular formula is C26H29N5O2S. The highest BCUT2D eigenvalue weighted by Crippen LogP contribution is 2.42. The van der Waals surface area contributed by atoms with Gasteiger partial charge in [-0.05, 0) is 74.8 Å². The molecule has 1 saturated heterocycles. The molecule has 6 rings (SSSR count). The first-order valence-electron chi connectivity index (χ1n) is 12.2. The number of hydrogen-bond donors (Lipinski definition) is 1. The SMILES string of the molecule is CC(C)Oc1cc2c(cc1Nc1ncnc3sc4c(c13)CC[C@H](C(=O)N1CCCC1)C4)C=NC2. The minimum Gasteiger partial charge on any atom is -0.489 e. The number of amides is 1. The van der Waals surface area contributed by atoms with E-state index in [0.29, 0.717) is 12.5 Å². The zero-order valence-corrected chi connectivity index (χ0v) is 20.5. The van der Waals surface area contributed by atoms with Gasteiger partial charge in [0.05, 0.1) is 23.7 Å². The maximum absolute atomic E-state index is 13.0. The largest absolute Gasteiger partial charge is 0.489 e. The van der Waals surface area contributed by atoms with Crippen molar-refractivity contribution >= 4 is 45.2 Å². The molecule has 4 heterocycles. The van der Waals surface area contributed by atoms with E-state index in [1.54, 1.807) is 17.7 Å². The van der Waals surface area contributed by atoms with Crippen molar-refractivity contribution in [1.82, 2.24) is 14.9 Å². The number of aromatic nitrogens is 2. The minimum absolute atomic E-state index is 0.0605. The molecule has 2 aromatic heterocycles. The van der Waals surface area contributed by atoms with E-state index in [2.05, 4.69) is 37.3 Å². The summed E-state index contributed by atoms with van der Waals surface area (Å²) < 4.78 is 6.14. The zero-order chi connectivity index (χ0) is 23.2. The van der Waals surface area contributed by atoms with Crippen LogP contribution in [0.4, 0.5) is 11.5 Å². The van der Waals surface area contributed by atoms with Gasteiger partial charge in [-0.3, -0.25) is 9.79 Å². The Hall–Kier alpha value is -3.00. The molecule has 34 heavy (non-hydrogen) atoms. The quantitative estimate of drug-likeness (QED) is 0.569. The number of nitrogens with one attached hydrogen (secondary N) is 1. The summed E-state index contributed by atoms with van der Waals surface area (Å²) in [6.45, 7) is 6.59. The number of hydrogen-bond acceptors (Lipinski definition) is 7. The van der Waals surface area contributed by atoms with E-state index in [1.807, 2.05) is 20.1 Å². The predicted octanol–water partition coefficient (Wildman–Crippen LogP) is 4.88. The normalized spacial score (nSPS) is 19.0. The van der Waals surface area contributed by atoms with Crippen LogP contribution >= 0.6 is 11.3 Å². The fraction of sp³-hybridized carbons (Fsp3) is 0.462. The van der Waals surface area contributed by atoms with Crippen LogP contribution in [0.2, 0.25) is 0 Å². The third-order valence-electron chi connectivity index (χ3n) is 6.96. The second kappa shape index (κ2) is 8.65. The molecule has 1 N–H and O–H groups in total. The Morgan fingerprint density at radius 3 is 2.91 bits per heavy atom. The van der Waals surface area contributed by atoms with E-state index in [0.717, 1.165) is 78.2 Å². The van der Waals surface area contributed by atoms with Crippen molar-refractivity contribution in [1.29, 1.82) is 0 Å². The molecular weight excluding hydrogens is 446 g/mol. The highest BCUT2D eigenvalue weighted by atomic mass is 32.1. The van der Waals surface area contributed by atoms with Gasteiger partial charge in [-0.2, -0.15) is 0 Å². The number of fused-ring (bicyclic) bond motifs is 4. The van der Waals surface area contributed by atoms with Gasteiger partial charge in [0, 0.05) is 30.1 Å². The molecule has 1 amide bonds. The highest BCUT2D eigenvalue weighted by Gasteiger charge is 2.32. The molecule has 0 bridgehead atoms. The molecule has 2 aliphatic heterocycles. The number of thiophene rings is 1. The van der Waals surface area contributed by atoms with Crippen molar-refractivity contribution < 1.29 is 9.53 Å². The Balaban J connectivity index is 1.33. The van der Waals surface area contributed by atoms with Crippen molar-refractivity contribution in [3.63, 3.8) is 0 Å².